The van der Waals surface area contributed by atoms with Crippen molar-refractivity contribution in [3.05, 3.63) is 53.1 Å². The summed E-state index contributed by atoms with van der Waals surface area (Å²) in [5, 5.41) is 0.224. The number of hydrogen-bond acceptors (Lipinski definition) is 4. The van der Waals surface area contributed by atoms with Gasteiger partial charge in [-0.2, -0.15) is 0 Å². The first-order valence-electron chi connectivity index (χ1n) is 5.26. The van der Waals surface area contributed by atoms with Gasteiger partial charge in [0.2, 0.25) is 0 Å². The summed E-state index contributed by atoms with van der Waals surface area (Å²) in [6, 6.07) is 4.94. The first-order valence-corrected chi connectivity index (χ1v) is 7.29. The topological polar surface area (TPSA) is 73.1 Å². The predicted octanol–water partition coefficient (Wildman–Crippen LogP) is 2.43. The zero-order valence-corrected chi connectivity index (χ0v) is 11.2. The molecule has 0 bridgehead atoms. The molecule has 2 rings (SSSR count). The number of pyridine rings is 1. The lowest BCUT2D eigenvalue weighted by atomic mass is 10.3. The van der Waals surface area contributed by atoms with Crippen molar-refractivity contribution in [2.24, 2.45) is 0 Å². The van der Waals surface area contributed by atoms with E-state index in [0.717, 1.165) is 12.1 Å². The Bertz CT molecular complexity index is 719. The third-order valence-electron chi connectivity index (χ3n) is 2.49. The summed E-state index contributed by atoms with van der Waals surface area (Å²) in [4.78, 5) is 3.37. The molecule has 19 heavy (non-hydrogen) atoms. The van der Waals surface area contributed by atoms with E-state index in [-0.39, 0.29) is 10.7 Å². The third-order valence-corrected chi connectivity index (χ3v) is 4.53. The second kappa shape index (κ2) is 5.14. The highest BCUT2D eigenvalue weighted by Gasteiger charge is 2.21. The van der Waals surface area contributed by atoms with Crippen LogP contribution in [0.4, 0.5) is 10.1 Å². The van der Waals surface area contributed by atoms with Gasteiger partial charge in [-0.15, -0.1) is 0 Å². The fraction of sp³-hybridized carbons (Fsp3) is 0.0833. The Labute approximate surface area is 115 Å². The largest absolute Gasteiger partial charge is 0.399 e. The van der Waals surface area contributed by atoms with Gasteiger partial charge in [-0.25, -0.2) is 12.8 Å². The molecule has 0 unspecified atom stereocenters. The fourth-order valence-corrected chi connectivity index (χ4v) is 3.29. The second-order valence-corrected chi connectivity index (χ2v) is 6.28. The van der Waals surface area contributed by atoms with Gasteiger partial charge in [0.05, 0.1) is 10.8 Å². The van der Waals surface area contributed by atoms with E-state index in [1.165, 1.54) is 24.5 Å². The van der Waals surface area contributed by atoms with Crippen molar-refractivity contribution in [1.82, 2.24) is 4.98 Å². The molecule has 2 aromatic rings. The molecule has 1 heterocycles. The number of nitrogens with zero attached hydrogens (tertiary/aromatic N) is 1. The number of nitrogen functional groups attached to an aromatic ring is 1. The van der Waals surface area contributed by atoms with Crippen LogP contribution in [0.5, 0.6) is 0 Å². The lowest BCUT2D eigenvalue weighted by molar-refractivity contribution is 0.567. The zero-order chi connectivity index (χ0) is 14.0. The number of anilines is 1. The summed E-state index contributed by atoms with van der Waals surface area (Å²) < 4.78 is 37.9. The van der Waals surface area contributed by atoms with Gasteiger partial charge in [-0.05, 0) is 29.8 Å². The minimum atomic E-state index is -3.83. The van der Waals surface area contributed by atoms with Crippen LogP contribution in [-0.4, -0.2) is 13.4 Å². The van der Waals surface area contributed by atoms with E-state index in [2.05, 4.69) is 4.98 Å². The molecule has 1 aromatic carbocycles. The molecule has 0 atom stereocenters. The van der Waals surface area contributed by atoms with Crippen LogP contribution in [0.25, 0.3) is 0 Å². The molecule has 1 aromatic heterocycles. The molecule has 7 heteroatoms. The van der Waals surface area contributed by atoms with Crippen LogP contribution in [0.1, 0.15) is 5.56 Å². The van der Waals surface area contributed by atoms with Crippen LogP contribution in [0.2, 0.25) is 5.02 Å². The quantitative estimate of drug-likeness (QED) is 0.884. The number of benzene rings is 1. The van der Waals surface area contributed by atoms with Gasteiger partial charge < -0.3 is 5.73 Å². The first kappa shape index (κ1) is 13.8. The molecule has 0 amide bonds. The molecular weight excluding hydrogens is 291 g/mol. The maximum absolute atomic E-state index is 13.6. The van der Waals surface area contributed by atoms with Crippen LogP contribution < -0.4 is 5.73 Å². The van der Waals surface area contributed by atoms with Crippen LogP contribution in [0.15, 0.2) is 41.6 Å². The fourth-order valence-electron chi connectivity index (χ4n) is 1.57. The number of nitrogens with two attached hydrogens (primary N) is 1. The second-order valence-electron chi connectivity index (χ2n) is 3.92. The molecule has 0 saturated heterocycles. The average Bonchev–Trinajstić information content (AvgIpc) is 2.31. The molecule has 4 nitrogen and oxygen atoms in total. The van der Waals surface area contributed by atoms with E-state index in [1.54, 1.807) is 0 Å². The molecule has 100 valence electrons. The summed E-state index contributed by atoms with van der Waals surface area (Å²) in [5.74, 6) is -1.26. The summed E-state index contributed by atoms with van der Waals surface area (Å²) in [5.41, 5.74) is 5.92. The van der Waals surface area contributed by atoms with Gasteiger partial charge in [0.25, 0.3) is 0 Å². The summed E-state index contributed by atoms with van der Waals surface area (Å²) >= 11 is 5.84. The van der Waals surface area contributed by atoms with Crippen molar-refractivity contribution in [2.75, 3.05) is 5.73 Å². The van der Waals surface area contributed by atoms with E-state index in [4.69, 9.17) is 17.3 Å². The number of halogens is 2. The normalized spacial score (nSPS) is 11.5. The van der Waals surface area contributed by atoms with Crippen molar-refractivity contribution < 1.29 is 12.8 Å². The highest BCUT2D eigenvalue weighted by atomic mass is 35.5. The van der Waals surface area contributed by atoms with Crippen LogP contribution in [-0.2, 0) is 15.6 Å². The average molecular weight is 301 g/mol. The van der Waals surface area contributed by atoms with Crippen LogP contribution >= 0.6 is 11.6 Å². The van der Waals surface area contributed by atoms with E-state index in [0.29, 0.717) is 5.56 Å². The number of hydrogen-bond donors (Lipinski definition) is 1. The predicted molar refractivity (Wildman–Crippen MR) is 70.9 cm³/mol. The Kier molecular flexibility index (Phi) is 3.73. The summed E-state index contributed by atoms with van der Waals surface area (Å²) in [6.45, 7) is 0. The highest BCUT2D eigenvalue weighted by Crippen LogP contribution is 2.24. The monoisotopic (exact) mass is 300 g/mol. The molecule has 0 aliphatic rings. The van der Waals surface area contributed by atoms with Gasteiger partial charge in [-0.1, -0.05) is 11.6 Å². The van der Waals surface area contributed by atoms with Crippen LogP contribution in [0.3, 0.4) is 0 Å². The van der Waals surface area contributed by atoms with Crippen molar-refractivity contribution in [3.63, 3.8) is 0 Å². The SMILES string of the molecule is Nc1ccc(S(=O)(=O)Cc2ccncc2Cl)c(F)c1. The summed E-state index contributed by atoms with van der Waals surface area (Å²) in [6.07, 6.45) is 2.77. The van der Waals surface area contributed by atoms with Crippen molar-refractivity contribution in [1.29, 1.82) is 0 Å². The standard InChI is InChI=1S/C12H10ClFN2O2S/c13-10-6-16-4-3-8(10)7-19(17,18)12-2-1-9(15)5-11(12)14/h1-6H,7,15H2. The van der Waals surface area contributed by atoms with Gasteiger partial charge in [-0.3, -0.25) is 4.98 Å². The van der Waals surface area contributed by atoms with E-state index >= 15 is 0 Å². The third kappa shape index (κ3) is 3.02. The minimum Gasteiger partial charge on any atom is -0.399 e. The molecule has 0 aliphatic carbocycles. The Balaban J connectivity index is 2.41. The van der Waals surface area contributed by atoms with Crippen molar-refractivity contribution >= 4 is 27.1 Å². The zero-order valence-electron chi connectivity index (χ0n) is 9.68. The van der Waals surface area contributed by atoms with E-state index < -0.39 is 26.3 Å². The number of sulfone groups is 1. The van der Waals surface area contributed by atoms with Crippen LogP contribution in [0, 0.1) is 5.82 Å². The molecule has 0 aliphatic heterocycles. The lowest BCUT2D eigenvalue weighted by Gasteiger charge is -2.07. The van der Waals surface area contributed by atoms with Gasteiger partial charge in [0.1, 0.15) is 10.7 Å². The lowest BCUT2D eigenvalue weighted by Crippen LogP contribution is -2.08. The number of aromatic nitrogens is 1. The minimum absolute atomic E-state index is 0.165. The molecular formula is C12H10ClFN2O2S. The molecule has 2 N–H and O–H groups in total. The Morgan fingerprint density at radius 2 is 2.05 bits per heavy atom. The maximum Gasteiger partial charge on any atom is 0.185 e. The number of rotatable bonds is 3. The molecule has 0 radical (unpaired) electrons. The smallest absolute Gasteiger partial charge is 0.185 e. The highest BCUT2D eigenvalue weighted by molar-refractivity contribution is 7.90. The van der Waals surface area contributed by atoms with Gasteiger partial charge >= 0.3 is 0 Å². The molecule has 0 spiro atoms. The van der Waals surface area contributed by atoms with E-state index in [1.807, 2.05) is 0 Å². The maximum atomic E-state index is 13.6. The van der Waals surface area contributed by atoms with Crippen molar-refractivity contribution in [2.45, 2.75) is 10.6 Å². The first-order chi connectivity index (χ1) is 8.90. The van der Waals surface area contributed by atoms with E-state index in [9.17, 15) is 12.8 Å². The van der Waals surface area contributed by atoms with Crippen molar-refractivity contribution in [3.8, 4) is 0 Å². The summed E-state index contributed by atoms with van der Waals surface area (Å²) in [7, 11) is -3.83. The molecule has 0 saturated carbocycles. The van der Waals surface area contributed by atoms with Gasteiger partial charge in [0, 0.05) is 18.1 Å². The Morgan fingerprint density at radius 3 is 2.68 bits per heavy atom. The molecule has 0 fully saturated rings. The Morgan fingerprint density at radius 1 is 1.32 bits per heavy atom. The van der Waals surface area contributed by atoms with Gasteiger partial charge in [0.15, 0.2) is 9.84 Å². The Hall–Kier alpha value is -1.66.